The number of aryl methyl sites for hydroxylation is 1. The Bertz CT molecular complexity index is 1350. The lowest BCUT2D eigenvalue weighted by Crippen LogP contribution is -2.32. The maximum atomic E-state index is 15.0. The van der Waals surface area contributed by atoms with E-state index in [2.05, 4.69) is 15.0 Å². The van der Waals surface area contributed by atoms with E-state index in [0.29, 0.717) is 6.07 Å². The van der Waals surface area contributed by atoms with Gasteiger partial charge in [-0.05, 0) is 12.1 Å². The van der Waals surface area contributed by atoms with E-state index >= 15 is 0 Å². The molecule has 0 aliphatic carbocycles. The van der Waals surface area contributed by atoms with Crippen molar-refractivity contribution in [3.8, 4) is 0 Å². The van der Waals surface area contributed by atoms with Crippen LogP contribution in [0.2, 0.25) is 5.02 Å². The molecule has 0 aliphatic rings. The molecule has 0 saturated carbocycles. The smallest absolute Gasteiger partial charge is 0.301 e. The van der Waals surface area contributed by atoms with Crippen molar-refractivity contribution in [2.75, 3.05) is 23.6 Å². The van der Waals surface area contributed by atoms with E-state index in [1.54, 1.807) is 6.92 Å². The van der Waals surface area contributed by atoms with E-state index in [0.717, 1.165) is 8.87 Å². The second-order valence-corrected chi connectivity index (χ2v) is 8.69. The summed E-state index contributed by atoms with van der Waals surface area (Å²) in [4.78, 5) is 16.2. The zero-order valence-corrected chi connectivity index (χ0v) is 18.1. The number of benzene rings is 2. The molecule has 1 aromatic heterocycles. The summed E-state index contributed by atoms with van der Waals surface area (Å²) in [6.07, 6.45) is 1.21. The Morgan fingerprint density at radius 3 is 2.52 bits per heavy atom. The van der Waals surface area contributed by atoms with Gasteiger partial charge in [-0.3, -0.25) is 9.52 Å². The lowest BCUT2D eigenvalue weighted by atomic mass is 10.2. The number of nitrogens with zero attached hydrogens (tertiary/aromatic N) is 3. The fourth-order valence-corrected chi connectivity index (χ4v) is 3.88. The van der Waals surface area contributed by atoms with Crippen molar-refractivity contribution in [2.24, 2.45) is 7.05 Å². The molecule has 0 unspecified atom stereocenters. The second kappa shape index (κ2) is 8.36. The van der Waals surface area contributed by atoms with Crippen molar-refractivity contribution in [2.45, 2.75) is 6.92 Å². The van der Waals surface area contributed by atoms with Crippen LogP contribution in [0.4, 0.5) is 30.2 Å². The van der Waals surface area contributed by atoms with Crippen LogP contribution in [0.5, 0.6) is 0 Å². The van der Waals surface area contributed by atoms with Crippen LogP contribution in [0.1, 0.15) is 6.92 Å². The van der Waals surface area contributed by atoms with E-state index in [1.165, 1.54) is 32.6 Å². The molecule has 0 amide bonds. The van der Waals surface area contributed by atoms with E-state index < -0.39 is 49.6 Å². The summed E-state index contributed by atoms with van der Waals surface area (Å²) in [6, 6.07) is 3.05. The molecule has 0 spiro atoms. The molecule has 3 aromatic rings. The summed E-state index contributed by atoms with van der Waals surface area (Å²) >= 11 is 6.10. The number of rotatable bonds is 6. The molecule has 13 heteroatoms. The molecular weight excluding hydrogens is 459 g/mol. The molecule has 8 nitrogen and oxygen atoms in total. The minimum absolute atomic E-state index is 0.0630. The first-order valence-corrected chi connectivity index (χ1v) is 10.6. The highest BCUT2D eigenvalue weighted by Crippen LogP contribution is 2.38. The largest absolute Gasteiger partial charge is 0.349 e. The summed E-state index contributed by atoms with van der Waals surface area (Å²) in [6.45, 7) is 1.67. The number of hydrogen-bond acceptors (Lipinski definition) is 5. The molecule has 2 N–H and O–H groups in total. The van der Waals surface area contributed by atoms with Gasteiger partial charge in [0.1, 0.15) is 5.39 Å². The first kappa shape index (κ1) is 22.8. The fraction of sp³-hybridized carbons (Fsp3) is 0.222. The number of nitrogens with one attached hydrogen (secondary N) is 2. The van der Waals surface area contributed by atoms with Gasteiger partial charge in [0, 0.05) is 26.7 Å². The molecule has 0 aliphatic heterocycles. The zero-order valence-electron chi connectivity index (χ0n) is 16.5. The van der Waals surface area contributed by atoms with E-state index in [9.17, 15) is 26.4 Å². The Morgan fingerprint density at radius 1 is 1.19 bits per heavy atom. The van der Waals surface area contributed by atoms with Crippen LogP contribution < -0.4 is 15.6 Å². The topological polar surface area (TPSA) is 96.3 Å². The predicted octanol–water partition coefficient (Wildman–Crippen LogP) is 3.36. The van der Waals surface area contributed by atoms with Crippen molar-refractivity contribution >= 4 is 49.8 Å². The number of anilines is 3. The summed E-state index contributed by atoms with van der Waals surface area (Å²) in [7, 11) is -1.45. The molecular formula is C18H17ClF3N5O3S. The lowest BCUT2D eigenvalue weighted by molar-refractivity contribution is 0.491. The van der Waals surface area contributed by atoms with Gasteiger partial charge in [0.05, 0.1) is 33.9 Å². The quantitative estimate of drug-likeness (QED) is 0.533. The van der Waals surface area contributed by atoms with Crippen LogP contribution in [0, 0.1) is 17.5 Å². The summed E-state index contributed by atoms with van der Waals surface area (Å²) in [5.41, 5.74) is -2.18. The lowest BCUT2D eigenvalue weighted by Gasteiger charge is -2.19. The van der Waals surface area contributed by atoms with E-state index in [4.69, 9.17) is 11.6 Å². The van der Waals surface area contributed by atoms with Crippen molar-refractivity contribution in [3.63, 3.8) is 0 Å². The van der Waals surface area contributed by atoms with Gasteiger partial charge in [0.15, 0.2) is 17.5 Å². The summed E-state index contributed by atoms with van der Waals surface area (Å²) in [5, 5.41) is 1.41. The molecule has 0 bridgehead atoms. The normalized spacial score (nSPS) is 11.9. The van der Waals surface area contributed by atoms with Crippen LogP contribution in [-0.4, -0.2) is 35.9 Å². The SMILES string of the molecule is CCN(C)S(=O)(=O)Nc1cc(F)c(F)c(Nc2ccc3ncn(C)c(=O)c3c2F)c1Cl. The van der Waals surface area contributed by atoms with Crippen molar-refractivity contribution in [3.05, 3.63) is 57.4 Å². The maximum Gasteiger partial charge on any atom is 0.301 e. The number of halogens is 4. The Labute approximate surface area is 180 Å². The number of aromatic nitrogens is 2. The third kappa shape index (κ3) is 4.18. The average Bonchev–Trinajstić information content (AvgIpc) is 2.72. The van der Waals surface area contributed by atoms with Crippen LogP contribution >= 0.6 is 11.6 Å². The second-order valence-electron chi connectivity index (χ2n) is 6.54. The van der Waals surface area contributed by atoms with Gasteiger partial charge in [0.2, 0.25) is 0 Å². The molecule has 0 fully saturated rings. The van der Waals surface area contributed by atoms with Gasteiger partial charge in [-0.15, -0.1) is 0 Å². The zero-order chi connectivity index (χ0) is 23.1. The van der Waals surface area contributed by atoms with Crippen molar-refractivity contribution in [1.82, 2.24) is 13.9 Å². The van der Waals surface area contributed by atoms with Gasteiger partial charge < -0.3 is 9.88 Å². The molecule has 0 radical (unpaired) electrons. The fourth-order valence-electron chi connectivity index (χ4n) is 2.66. The molecule has 31 heavy (non-hydrogen) atoms. The van der Waals surface area contributed by atoms with Crippen molar-refractivity contribution in [1.29, 1.82) is 0 Å². The van der Waals surface area contributed by atoms with Crippen LogP contribution in [-0.2, 0) is 17.3 Å². The van der Waals surface area contributed by atoms with Gasteiger partial charge in [-0.25, -0.2) is 18.2 Å². The minimum Gasteiger partial charge on any atom is -0.349 e. The molecule has 0 atom stereocenters. The maximum absolute atomic E-state index is 15.0. The van der Waals surface area contributed by atoms with Gasteiger partial charge in [0.25, 0.3) is 5.56 Å². The van der Waals surface area contributed by atoms with Gasteiger partial charge in [-0.1, -0.05) is 18.5 Å². The summed E-state index contributed by atoms with van der Waals surface area (Å²) in [5.74, 6) is -3.95. The van der Waals surface area contributed by atoms with Crippen molar-refractivity contribution < 1.29 is 21.6 Å². The Hall–Kier alpha value is -2.83. The van der Waals surface area contributed by atoms with Crippen LogP contribution in [0.3, 0.4) is 0 Å². The van der Waals surface area contributed by atoms with Gasteiger partial charge >= 0.3 is 10.2 Å². The molecule has 1 heterocycles. The molecule has 3 rings (SSSR count). The van der Waals surface area contributed by atoms with E-state index in [1.807, 2.05) is 0 Å². The van der Waals surface area contributed by atoms with Crippen LogP contribution in [0.25, 0.3) is 10.9 Å². The highest BCUT2D eigenvalue weighted by atomic mass is 35.5. The molecule has 2 aromatic carbocycles. The molecule has 0 saturated heterocycles. The standard InChI is InChI=1S/C18H17ClF3N5O3S/c1-4-27(3)31(29,30)25-12-7-9(20)15(21)17(14(12)19)24-11-6-5-10-13(16(11)22)18(28)26(2)8-23-10/h5-8,24-25H,4H2,1-3H3. The van der Waals surface area contributed by atoms with E-state index in [-0.39, 0.29) is 23.1 Å². The Balaban J connectivity index is 2.12. The first-order valence-electron chi connectivity index (χ1n) is 8.80. The monoisotopic (exact) mass is 475 g/mol. The molecule has 166 valence electrons. The van der Waals surface area contributed by atoms with Gasteiger partial charge in [-0.2, -0.15) is 12.7 Å². The minimum atomic E-state index is -4.10. The number of fused-ring (bicyclic) bond motifs is 1. The average molecular weight is 476 g/mol. The third-order valence-corrected chi connectivity index (χ3v) is 6.48. The Kier molecular flexibility index (Phi) is 6.16. The highest BCUT2D eigenvalue weighted by Gasteiger charge is 2.24. The van der Waals surface area contributed by atoms with Crippen LogP contribution in [0.15, 0.2) is 29.3 Å². The Morgan fingerprint density at radius 2 is 1.87 bits per heavy atom. The third-order valence-electron chi connectivity index (χ3n) is 4.53. The number of hydrogen-bond donors (Lipinski definition) is 2. The summed E-state index contributed by atoms with van der Waals surface area (Å²) < 4.78 is 72.1. The predicted molar refractivity (Wildman–Crippen MR) is 112 cm³/mol. The first-order chi connectivity index (χ1) is 14.5. The highest BCUT2D eigenvalue weighted by molar-refractivity contribution is 7.90.